The highest BCUT2D eigenvalue weighted by molar-refractivity contribution is 5.91. The summed E-state index contributed by atoms with van der Waals surface area (Å²) in [5.41, 5.74) is 7.78. The van der Waals surface area contributed by atoms with E-state index in [0.29, 0.717) is 12.1 Å². The maximum atomic E-state index is 12.5. The van der Waals surface area contributed by atoms with Crippen LogP contribution >= 0.6 is 0 Å². The summed E-state index contributed by atoms with van der Waals surface area (Å²) in [7, 11) is 1.85. The second-order valence-electron chi connectivity index (χ2n) is 5.37. The molecular weight excluding hydrogens is 238 g/mol. The van der Waals surface area contributed by atoms with Crippen LogP contribution in [-0.4, -0.2) is 15.6 Å². The molecule has 0 aliphatic rings. The number of hydrogen-bond acceptors (Lipinski definition) is 3. The van der Waals surface area contributed by atoms with Crippen LogP contribution in [0.2, 0.25) is 0 Å². The van der Waals surface area contributed by atoms with Gasteiger partial charge in [0.1, 0.15) is 5.78 Å². The molecule has 0 saturated carbocycles. The van der Waals surface area contributed by atoms with Gasteiger partial charge in [0.2, 0.25) is 0 Å². The Balaban J connectivity index is 2.19. The summed E-state index contributed by atoms with van der Waals surface area (Å²) in [6.45, 7) is 3.88. The maximum absolute atomic E-state index is 12.5. The van der Waals surface area contributed by atoms with E-state index in [0.717, 1.165) is 11.1 Å². The monoisotopic (exact) mass is 257 g/mol. The Morgan fingerprint density at radius 3 is 2.47 bits per heavy atom. The molecule has 0 spiro atoms. The van der Waals surface area contributed by atoms with Gasteiger partial charge in [0.05, 0.1) is 6.20 Å². The van der Waals surface area contributed by atoms with E-state index in [1.54, 1.807) is 10.9 Å². The first-order chi connectivity index (χ1) is 8.89. The molecule has 0 radical (unpaired) electrons. The Morgan fingerprint density at radius 1 is 1.32 bits per heavy atom. The summed E-state index contributed by atoms with van der Waals surface area (Å²) in [5, 5.41) is 4.08. The number of anilines is 1. The van der Waals surface area contributed by atoms with E-state index in [1.807, 2.05) is 51.4 Å². The molecule has 0 aliphatic heterocycles. The molecule has 19 heavy (non-hydrogen) atoms. The lowest BCUT2D eigenvalue weighted by molar-refractivity contribution is -0.122. The minimum atomic E-state index is -0.524. The van der Waals surface area contributed by atoms with Crippen molar-refractivity contribution >= 4 is 11.5 Å². The second-order valence-corrected chi connectivity index (χ2v) is 5.37. The first kappa shape index (κ1) is 13.3. The first-order valence-corrected chi connectivity index (χ1v) is 6.26. The molecule has 0 bridgehead atoms. The molecule has 2 rings (SSSR count). The van der Waals surface area contributed by atoms with E-state index in [-0.39, 0.29) is 5.78 Å². The van der Waals surface area contributed by atoms with Crippen molar-refractivity contribution in [3.63, 3.8) is 0 Å². The molecule has 4 nitrogen and oxygen atoms in total. The maximum Gasteiger partial charge on any atom is 0.147 e. The number of rotatable bonds is 4. The summed E-state index contributed by atoms with van der Waals surface area (Å²) in [6.07, 6.45) is 4.00. The lowest BCUT2D eigenvalue weighted by atomic mass is 9.78. The zero-order valence-electron chi connectivity index (χ0n) is 11.6. The van der Waals surface area contributed by atoms with E-state index in [2.05, 4.69) is 5.10 Å². The second kappa shape index (κ2) is 4.88. The Kier molecular flexibility index (Phi) is 3.42. The fourth-order valence-electron chi connectivity index (χ4n) is 2.03. The van der Waals surface area contributed by atoms with E-state index >= 15 is 0 Å². The Labute approximate surface area is 113 Å². The number of ketones is 1. The van der Waals surface area contributed by atoms with E-state index in [9.17, 15) is 4.79 Å². The van der Waals surface area contributed by atoms with Gasteiger partial charge in [-0.2, -0.15) is 5.10 Å². The molecule has 2 N–H and O–H groups in total. The molecule has 1 heterocycles. The van der Waals surface area contributed by atoms with Crippen LogP contribution in [0.4, 0.5) is 5.69 Å². The van der Waals surface area contributed by atoms with Gasteiger partial charge >= 0.3 is 0 Å². The van der Waals surface area contributed by atoms with Crippen molar-refractivity contribution in [2.75, 3.05) is 5.73 Å². The van der Waals surface area contributed by atoms with Crippen LogP contribution in [0.5, 0.6) is 0 Å². The van der Waals surface area contributed by atoms with Gasteiger partial charge in [-0.15, -0.1) is 0 Å². The molecule has 4 heteroatoms. The van der Waals surface area contributed by atoms with Gasteiger partial charge < -0.3 is 5.73 Å². The molecule has 0 atom stereocenters. The molecule has 0 amide bonds. The molecule has 0 aliphatic carbocycles. The van der Waals surface area contributed by atoms with Gasteiger partial charge in [0.15, 0.2) is 0 Å². The lowest BCUT2D eigenvalue weighted by Crippen LogP contribution is -2.30. The molecule has 0 fully saturated rings. The van der Waals surface area contributed by atoms with Gasteiger partial charge in [0, 0.05) is 30.8 Å². The number of aryl methyl sites for hydroxylation is 1. The number of nitrogens with two attached hydrogens (primary N) is 1. The summed E-state index contributed by atoms with van der Waals surface area (Å²) >= 11 is 0. The van der Waals surface area contributed by atoms with Crippen molar-refractivity contribution in [1.29, 1.82) is 0 Å². The van der Waals surface area contributed by atoms with Gasteiger partial charge in [-0.05, 0) is 37.1 Å². The normalized spacial score (nSPS) is 11.5. The zero-order valence-corrected chi connectivity index (χ0v) is 11.6. The standard InChI is InChI=1S/C15H19N3O/c1-15(2,12-4-6-13(16)7-5-12)14(19)8-11-9-17-18(3)10-11/h4-7,9-10H,8,16H2,1-3H3. The molecule has 2 aromatic rings. The number of benzene rings is 1. The fraction of sp³-hybridized carbons (Fsp3) is 0.333. The van der Waals surface area contributed by atoms with Crippen molar-refractivity contribution in [1.82, 2.24) is 9.78 Å². The Bertz CT molecular complexity index is 582. The van der Waals surface area contributed by atoms with Gasteiger partial charge in [-0.1, -0.05) is 12.1 Å². The summed E-state index contributed by atoms with van der Waals surface area (Å²) in [5.74, 6) is 0.172. The summed E-state index contributed by atoms with van der Waals surface area (Å²) < 4.78 is 1.71. The van der Waals surface area contributed by atoms with Crippen LogP contribution in [0.3, 0.4) is 0 Å². The fourth-order valence-corrected chi connectivity index (χ4v) is 2.03. The van der Waals surface area contributed by atoms with Crippen molar-refractivity contribution in [2.24, 2.45) is 7.05 Å². The van der Waals surface area contributed by atoms with Crippen LogP contribution in [0, 0.1) is 0 Å². The Morgan fingerprint density at radius 2 is 1.95 bits per heavy atom. The number of hydrogen-bond donors (Lipinski definition) is 1. The van der Waals surface area contributed by atoms with Crippen molar-refractivity contribution in [3.05, 3.63) is 47.8 Å². The highest BCUT2D eigenvalue weighted by atomic mass is 16.1. The smallest absolute Gasteiger partial charge is 0.147 e. The predicted octanol–water partition coefficient (Wildman–Crippen LogP) is 2.09. The molecule has 100 valence electrons. The first-order valence-electron chi connectivity index (χ1n) is 6.26. The molecule has 1 aromatic heterocycles. The Hall–Kier alpha value is -2.10. The van der Waals surface area contributed by atoms with Gasteiger partial charge in [0.25, 0.3) is 0 Å². The summed E-state index contributed by atoms with van der Waals surface area (Å²) in [4.78, 5) is 12.5. The van der Waals surface area contributed by atoms with Crippen molar-refractivity contribution in [3.8, 4) is 0 Å². The number of aromatic nitrogens is 2. The van der Waals surface area contributed by atoms with Crippen LogP contribution < -0.4 is 5.73 Å². The number of nitrogens with zero attached hydrogens (tertiary/aromatic N) is 2. The minimum absolute atomic E-state index is 0.172. The number of nitrogen functional groups attached to an aromatic ring is 1. The van der Waals surface area contributed by atoms with Gasteiger partial charge in [-0.3, -0.25) is 9.48 Å². The molecule has 0 saturated heterocycles. The molecule has 0 unspecified atom stereocenters. The molecular formula is C15H19N3O. The third-order valence-corrected chi connectivity index (χ3v) is 3.45. The van der Waals surface area contributed by atoms with Crippen molar-refractivity contribution < 1.29 is 4.79 Å². The lowest BCUT2D eigenvalue weighted by Gasteiger charge is -2.23. The predicted molar refractivity (Wildman–Crippen MR) is 75.8 cm³/mol. The van der Waals surface area contributed by atoms with Crippen LogP contribution in [0.15, 0.2) is 36.7 Å². The third kappa shape index (κ3) is 2.84. The van der Waals surface area contributed by atoms with E-state index in [1.165, 1.54) is 0 Å². The third-order valence-electron chi connectivity index (χ3n) is 3.45. The van der Waals surface area contributed by atoms with Crippen molar-refractivity contribution in [2.45, 2.75) is 25.7 Å². The highest BCUT2D eigenvalue weighted by Crippen LogP contribution is 2.26. The van der Waals surface area contributed by atoms with Gasteiger partial charge in [-0.25, -0.2) is 0 Å². The number of Topliss-reactive ketones (excluding diaryl/α,β-unsaturated/α-hetero) is 1. The topological polar surface area (TPSA) is 60.9 Å². The zero-order chi connectivity index (χ0) is 14.0. The van der Waals surface area contributed by atoms with Crippen LogP contribution in [-0.2, 0) is 23.7 Å². The number of carbonyl (C=O) groups excluding carboxylic acids is 1. The van der Waals surface area contributed by atoms with E-state index < -0.39 is 5.41 Å². The SMILES string of the molecule is Cn1cc(CC(=O)C(C)(C)c2ccc(N)cc2)cn1. The molecule has 1 aromatic carbocycles. The van der Waals surface area contributed by atoms with Crippen LogP contribution in [0.1, 0.15) is 25.0 Å². The van der Waals surface area contributed by atoms with Crippen LogP contribution in [0.25, 0.3) is 0 Å². The largest absolute Gasteiger partial charge is 0.399 e. The quantitative estimate of drug-likeness (QED) is 0.853. The van der Waals surface area contributed by atoms with E-state index in [4.69, 9.17) is 5.73 Å². The average Bonchev–Trinajstić information content (AvgIpc) is 2.75. The number of carbonyl (C=O) groups is 1. The minimum Gasteiger partial charge on any atom is -0.399 e. The highest BCUT2D eigenvalue weighted by Gasteiger charge is 2.29. The summed E-state index contributed by atoms with van der Waals surface area (Å²) in [6, 6.07) is 7.48. The average molecular weight is 257 g/mol.